The number of phenols is 1. The maximum Gasteiger partial charge on any atom is 0.303 e. The average Bonchev–Trinajstić information content (AvgIpc) is 3.11. The molecule has 4 nitrogen and oxygen atoms in total. The minimum Gasteiger partial charge on any atom is -0.504 e. The highest BCUT2D eigenvalue weighted by Crippen LogP contribution is 2.47. The standard InChI is InChI=1S/C13H15FO4/c1-18-13-10(15)5-4-8(12(13)14)9(6-11(16)17)7-2-3-7/h4-5,7,9,15H,2-3,6H2,1H3,(H,16,17). The fourth-order valence-electron chi connectivity index (χ4n) is 2.26. The molecule has 1 aromatic carbocycles. The molecule has 2 N–H and O–H groups in total. The van der Waals surface area contributed by atoms with E-state index in [0.29, 0.717) is 5.56 Å². The van der Waals surface area contributed by atoms with Crippen LogP contribution in [0.5, 0.6) is 11.5 Å². The summed E-state index contributed by atoms with van der Waals surface area (Å²) in [6.45, 7) is 0. The summed E-state index contributed by atoms with van der Waals surface area (Å²) in [5, 5.41) is 18.3. The normalized spacial score (nSPS) is 16.3. The number of phenolic OH excluding ortho intramolecular Hbond substituents is 1. The van der Waals surface area contributed by atoms with E-state index in [-0.39, 0.29) is 29.8 Å². The van der Waals surface area contributed by atoms with Gasteiger partial charge in [-0.15, -0.1) is 0 Å². The van der Waals surface area contributed by atoms with E-state index in [1.54, 1.807) is 0 Å². The Labute approximate surface area is 104 Å². The van der Waals surface area contributed by atoms with Crippen LogP contribution in [0.3, 0.4) is 0 Å². The number of carbonyl (C=O) groups is 1. The van der Waals surface area contributed by atoms with Crippen LogP contribution in [0.25, 0.3) is 0 Å². The van der Waals surface area contributed by atoms with Gasteiger partial charge < -0.3 is 14.9 Å². The van der Waals surface area contributed by atoms with Crippen molar-refractivity contribution in [3.05, 3.63) is 23.5 Å². The molecule has 0 amide bonds. The molecule has 98 valence electrons. The Morgan fingerprint density at radius 1 is 1.56 bits per heavy atom. The molecule has 18 heavy (non-hydrogen) atoms. The minimum atomic E-state index is -0.946. The molecule has 0 heterocycles. The second-order valence-corrected chi connectivity index (χ2v) is 4.56. The van der Waals surface area contributed by atoms with Crippen molar-refractivity contribution in [2.75, 3.05) is 7.11 Å². The summed E-state index contributed by atoms with van der Waals surface area (Å²) in [5.41, 5.74) is 0.314. The Kier molecular flexibility index (Phi) is 3.41. The lowest BCUT2D eigenvalue weighted by molar-refractivity contribution is -0.137. The number of aliphatic carboxylic acids is 1. The van der Waals surface area contributed by atoms with Crippen LogP contribution in [0.15, 0.2) is 12.1 Å². The van der Waals surface area contributed by atoms with Gasteiger partial charge in [0.2, 0.25) is 0 Å². The molecular weight excluding hydrogens is 239 g/mol. The zero-order valence-electron chi connectivity index (χ0n) is 10.0. The van der Waals surface area contributed by atoms with E-state index < -0.39 is 11.8 Å². The molecule has 0 spiro atoms. The molecule has 5 heteroatoms. The van der Waals surface area contributed by atoms with Crippen LogP contribution in [0, 0.1) is 11.7 Å². The number of carboxylic acids is 1. The van der Waals surface area contributed by atoms with Crippen molar-refractivity contribution in [3.8, 4) is 11.5 Å². The van der Waals surface area contributed by atoms with Gasteiger partial charge in [0, 0.05) is 5.92 Å². The Bertz CT molecular complexity index is 468. The van der Waals surface area contributed by atoms with E-state index in [9.17, 15) is 14.3 Å². The first kappa shape index (κ1) is 12.7. The maximum absolute atomic E-state index is 14.1. The summed E-state index contributed by atoms with van der Waals surface area (Å²) in [4.78, 5) is 10.8. The summed E-state index contributed by atoms with van der Waals surface area (Å²) >= 11 is 0. The monoisotopic (exact) mass is 254 g/mol. The third-order valence-electron chi connectivity index (χ3n) is 3.30. The summed E-state index contributed by atoms with van der Waals surface area (Å²) in [5.74, 6) is -2.23. The van der Waals surface area contributed by atoms with Gasteiger partial charge >= 0.3 is 5.97 Å². The molecule has 1 unspecified atom stereocenters. The predicted molar refractivity (Wildman–Crippen MR) is 62.3 cm³/mol. The van der Waals surface area contributed by atoms with Crippen LogP contribution in [0.1, 0.15) is 30.7 Å². The summed E-state index contributed by atoms with van der Waals surface area (Å²) in [6, 6.07) is 2.79. The fraction of sp³-hybridized carbons (Fsp3) is 0.462. The van der Waals surface area contributed by atoms with E-state index in [0.717, 1.165) is 12.8 Å². The molecule has 1 aromatic rings. The van der Waals surface area contributed by atoms with Crippen molar-refractivity contribution >= 4 is 5.97 Å². The highest BCUT2D eigenvalue weighted by molar-refractivity contribution is 5.68. The Hall–Kier alpha value is -1.78. The van der Waals surface area contributed by atoms with E-state index in [1.165, 1.54) is 19.2 Å². The number of rotatable bonds is 5. The Balaban J connectivity index is 2.38. The molecule has 0 aliphatic heterocycles. The summed E-state index contributed by atoms with van der Waals surface area (Å²) < 4.78 is 18.9. The molecule has 0 radical (unpaired) electrons. The van der Waals surface area contributed by atoms with Crippen molar-refractivity contribution in [2.45, 2.75) is 25.2 Å². The summed E-state index contributed by atoms with van der Waals surface area (Å²) in [6.07, 6.45) is 1.73. The minimum absolute atomic E-state index is 0.102. The largest absolute Gasteiger partial charge is 0.504 e. The van der Waals surface area contributed by atoms with Crippen LogP contribution >= 0.6 is 0 Å². The Morgan fingerprint density at radius 3 is 2.72 bits per heavy atom. The van der Waals surface area contributed by atoms with E-state index in [2.05, 4.69) is 0 Å². The number of methoxy groups -OCH3 is 1. The van der Waals surface area contributed by atoms with Crippen molar-refractivity contribution in [1.82, 2.24) is 0 Å². The third-order valence-corrected chi connectivity index (χ3v) is 3.30. The molecule has 1 saturated carbocycles. The summed E-state index contributed by atoms with van der Waals surface area (Å²) in [7, 11) is 1.27. The lowest BCUT2D eigenvalue weighted by atomic mass is 9.90. The van der Waals surface area contributed by atoms with Crippen LogP contribution in [0.2, 0.25) is 0 Å². The zero-order chi connectivity index (χ0) is 13.3. The SMILES string of the molecule is COc1c(O)ccc(C(CC(=O)O)C2CC2)c1F. The molecule has 1 fully saturated rings. The van der Waals surface area contributed by atoms with Gasteiger partial charge in [0.15, 0.2) is 17.3 Å². The van der Waals surface area contributed by atoms with Crippen LogP contribution < -0.4 is 4.74 Å². The zero-order valence-corrected chi connectivity index (χ0v) is 10.0. The molecule has 1 atom stereocenters. The molecule has 0 saturated heterocycles. The van der Waals surface area contributed by atoms with E-state index in [4.69, 9.17) is 9.84 Å². The molecule has 1 aliphatic carbocycles. The molecule has 1 aliphatic rings. The topological polar surface area (TPSA) is 66.8 Å². The second-order valence-electron chi connectivity index (χ2n) is 4.56. The number of halogens is 1. The average molecular weight is 254 g/mol. The van der Waals surface area contributed by atoms with Gasteiger partial charge in [0.25, 0.3) is 0 Å². The number of benzene rings is 1. The highest BCUT2D eigenvalue weighted by Gasteiger charge is 2.36. The predicted octanol–water partition coefficient (Wildman–Crippen LogP) is 2.51. The van der Waals surface area contributed by atoms with Gasteiger partial charge in [-0.2, -0.15) is 0 Å². The number of aromatic hydroxyl groups is 1. The quantitative estimate of drug-likeness (QED) is 0.847. The first-order valence-electron chi connectivity index (χ1n) is 5.81. The number of ether oxygens (including phenoxy) is 1. The number of carboxylic acid groups (broad SMARTS) is 1. The van der Waals surface area contributed by atoms with Crippen molar-refractivity contribution in [1.29, 1.82) is 0 Å². The van der Waals surface area contributed by atoms with E-state index >= 15 is 0 Å². The Morgan fingerprint density at radius 2 is 2.22 bits per heavy atom. The third kappa shape index (κ3) is 2.39. The van der Waals surface area contributed by atoms with Crippen LogP contribution in [0.4, 0.5) is 4.39 Å². The van der Waals surface area contributed by atoms with Gasteiger partial charge in [-0.25, -0.2) is 4.39 Å². The van der Waals surface area contributed by atoms with Gasteiger partial charge in [-0.1, -0.05) is 6.07 Å². The van der Waals surface area contributed by atoms with Gasteiger partial charge in [0.1, 0.15) is 0 Å². The number of hydrogen-bond donors (Lipinski definition) is 2. The molecule has 0 bridgehead atoms. The van der Waals surface area contributed by atoms with Crippen molar-refractivity contribution < 1.29 is 24.1 Å². The fourth-order valence-corrected chi connectivity index (χ4v) is 2.26. The van der Waals surface area contributed by atoms with Gasteiger partial charge in [-0.3, -0.25) is 4.79 Å². The molecule has 2 rings (SSSR count). The van der Waals surface area contributed by atoms with Crippen LogP contribution in [-0.4, -0.2) is 23.3 Å². The first-order valence-corrected chi connectivity index (χ1v) is 5.81. The first-order chi connectivity index (χ1) is 8.54. The van der Waals surface area contributed by atoms with Crippen LogP contribution in [-0.2, 0) is 4.79 Å². The van der Waals surface area contributed by atoms with Crippen molar-refractivity contribution in [2.24, 2.45) is 5.92 Å². The lowest BCUT2D eigenvalue weighted by Gasteiger charge is -2.17. The van der Waals surface area contributed by atoms with Gasteiger partial charge in [-0.05, 0) is 30.4 Å². The van der Waals surface area contributed by atoms with Crippen molar-refractivity contribution in [3.63, 3.8) is 0 Å². The molecular formula is C13H15FO4. The van der Waals surface area contributed by atoms with Gasteiger partial charge in [0.05, 0.1) is 13.5 Å². The second kappa shape index (κ2) is 4.84. The lowest BCUT2D eigenvalue weighted by Crippen LogP contribution is -2.10. The number of hydrogen-bond acceptors (Lipinski definition) is 3. The maximum atomic E-state index is 14.1. The highest BCUT2D eigenvalue weighted by atomic mass is 19.1. The smallest absolute Gasteiger partial charge is 0.303 e. The van der Waals surface area contributed by atoms with E-state index in [1.807, 2.05) is 0 Å². The molecule has 0 aromatic heterocycles.